The fourth-order valence-corrected chi connectivity index (χ4v) is 3.20. The standard InChI is InChI=1S/C22H25NO4S/c1-14-5-8-18(9-6-14)22(26)17(4)27-21(25)13-28-12-20(24)23-19-10-7-15(2)11-16(19)3/h5-11,17H,12-13H2,1-4H3,(H,23,24)/t17-/m1/s1. The molecular weight excluding hydrogens is 374 g/mol. The van der Waals surface area contributed by atoms with Gasteiger partial charge in [-0.1, -0.05) is 47.5 Å². The van der Waals surface area contributed by atoms with E-state index in [1.54, 1.807) is 19.1 Å². The molecule has 0 aliphatic rings. The number of ether oxygens (including phenoxy) is 1. The van der Waals surface area contributed by atoms with E-state index in [1.807, 2.05) is 51.1 Å². The average molecular weight is 400 g/mol. The highest BCUT2D eigenvalue weighted by Crippen LogP contribution is 2.16. The van der Waals surface area contributed by atoms with Crippen LogP contribution in [0.3, 0.4) is 0 Å². The van der Waals surface area contributed by atoms with Gasteiger partial charge in [0.2, 0.25) is 11.7 Å². The number of carbonyl (C=O) groups is 3. The molecule has 0 spiro atoms. The van der Waals surface area contributed by atoms with Crippen LogP contribution in [0.1, 0.15) is 34.0 Å². The van der Waals surface area contributed by atoms with Crippen LogP contribution in [-0.4, -0.2) is 35.3 Å². The van der Waals surface area contributed by atoms with Gasteiger partial charge in [-0.3, -0.25) is 14.4 Å². The Morgan fingerprint density at radius 2 is 1.61 bits per heavy atom. The molecule has 0 bridgehead atoms. The molecule has 0 aromatic heterocycles. The number of anilines is 1. The number of rotatable bonds is 8. The van der Waals surface area contributed by atoms with Gasteiger partial charge in [-0.05, 0) is 39.3 Å². The molecule has 0 radical (unpaired) electrons. The number of esters is 1. The second-order valence-corrected chi connectivity index (χ2v) is 7.71. The smallest absolute Gasteiger partial charge is 0.316 e. The van der Waals surface area contributed by atoms with Crippen molar-refractivity contribution in [2.45, 2.75) is 33.8 Å². The van der Waals surface area contributed by atoms with Crippen LogP contribution in [-0.2, 0) is 14.3 Å². The molecule has 1 amide bonds. The minimum atomic E-state index is -0.861. The zero-order chi connectivity index (χ0) is 20.7. The van der Waals surface area contributed by atoms with Gasteiger partial charge in [0, 0.05) is 11.3 Å². The summed E-state index contributed by atoms with van der Waals surface area (Å²) in [5.41, 5.74) is 4.43. The molecular formula is C22H25NO4S. The van der Waals surface area contributed by atoms with E-state index in [-0.39, 0.29) is 23.2 Å². The summed E-state index contributed by atoms with van der Waals surface area (Å²) in [4.78, 5) is 36.3. The van der Waals surface area contributed by atoms with E-state index in [9.17, 15) is 14.4 Å². The summed E-state index contributed by atoms with van der Waals surface area (Å²) in [7, 11) is 0. The minimum Gasteiger partial charge on any atom is -0.454 e. The summed E-state index contributed by atoms with van der Waals surface area (Å²) < 4.78 is 5.19. The molecule has 2 rings (SSSR count). The second-order valence-electron chi connectivity index (χ2n) is 6.72. The van der Waals surface area contributed by atoms with E-state index in [4.69, 9.17) is 4.74 Å². The Bertz CT molecular complexity index is 861. The third-order valence-corrected chi connectivity index (χ3v) is 5.03. The highest BCUT2D eigenvalue weighted by atomic mass is 32.2. The predicted octanol–water partition coefficient (Wildman–Crippen LogP) is 4.10. The Hall–Kier alpha value is -2.60. The van der Waals surface area contributed by atoms with E-state index in [1.165, 1.54) is 0 Å². The van der Waals surface area contributed by atoms with Crippen molar-refractivity contribution in [2.75, 3.05) is 16.8 Å². The van der Waals surface area contributed by atoms with Gasteiger partial charge in [-0.2, -0.15) is 0 Å². The van der Waals surface area contributed by atoms with E-state index in [0.717, 1.165) is 34.1 Å². The maximum absolute atomic E-state index is 12.3. The van der Waals surface area contributed by atoms with E-state index < -0.39 is 12.1 Å². The number of hydrogen-bond donors (Lipinski definition) is 1. The average Bonchev–Trinajstić information content (AvgIpc) is 2.64. The van der Waals surface area contributed by atoms with Gasteiger partial charge in [-0.15, -0.1) is 11.8 Å². The van der Waals surface area contributed by atoms with Crippen LogP contribution in [0.25, 0.3) is 0 Å². The molecule has 0 saturated carbocycles. The molecule has 0 aliphatic carbocycles. The lowest BCUT2D eigenvalue weighted by molar-refractivity contribution is -0.143. The maximum Gasteiger partial charge on any atom is 0.316 e. The molecule has 2 aromatic carbocycles. The van der Waals surface area contributed by atoms with Gasteiger partial charge in [0.15, 0.2) is 6.10 Å². The highest BCUT2D eigenvalue weighted by molar-refractivity contribution is 8.00. The van der Waals surface area contributed by atoms with Crippen LogP contribution in [0.4, 0.5) is 5.69 Å². The molecule has 2 aromatic rings. The molecule has 0 saturated heterocycles. The van der Waals surface area contributed by atoms with Crippen molar-refractivity contribution >= 4 is 35.1 Å². The number of Topliss-reactive ketones (excluding diaryl/α,β-unsaturated/α-hetero) is 1. The van der Waals surface area contributed by atoms with Crippen molar-refractivity contribution in [3.8, 4) is 0 Å². The lowest BCUT2D eigenvalue weighted by Crippen LogP contribution is -2.25. The van der Waals surface area contributed by atoms with Crippen molar-refractivity contribution in [2.24, 2.45) is 0 Å². The van der Waals surface area contributed by atoms with Crippen molar-refractivity contribution in [1.29, 1.82) is 0 Å². The Morgan fingerprint density at radius 1 is 0.964 bits per heavy atom. The summed E-state index contributed by atoms with van der Waals surface area (Å²) in [6.07, 6.45) is -0.861. The first-order valence-electron chi connectivity index (χ1n) is 9.01. The first-order chi connectivity index (χ1) is 13.3. The Morgan fingerprint density at radius 3 is 2.25 bits per heavy atom. The quantitative estimate of drug-likeness (QED) is 0.534. The van der Waals surface area contributed by atoms with E-state index in [0.29, 0.717) is 5.56 Å². The van der Waals surface area contributed by atoms with Crippen LogP contribution in [0.5, 0.6) is 0 Å². The fourth-order valence-electron chi connectivity index (χ4n) is 2.60. The highest BCUT2D eigenvalue weighted by Gasteiger charge is 2.19. The third-order valence-electron chi connectivity index (χ3n) is 4.12. The first kappa shape index (κ1) is 21.7. The van der Waals surface area contributed by atoms with Crippen molar-refractivity contribution in [1.82, 2.24) is 0 Å². The second kappa shape index (κ2) is 10.1. The molecule has 6 heteroatoms. The summed E-state index contributed by atoms with van der Waals surface area (Å²) in [5, 5.41) is 2.83. The van der Waals surface area contributed by atoms with Crippen molar-refractivity contribution in [3.63, 3.8) is 0 Å². The van der Waals surface area contributed by atoms with Crippen LogP contribution in [0.2, 0.25) is 0 Å². The number of aryl methyl sites for hydroxylation is 3. The number of ketones is 1. The molecule has 148 valence electrons. The monoisotopic (exact) mass is 399 g/mol. The largest absolute Gasteiger partial charge is 0.454 e. The lowest BCUT2D eigenvalue weighted by Gasteiger charge is -2.12. The Kier molecular flexibility index (Phi) is 7.81. The van der Waals surface area contributed by atoms with Crippen LogP contribution >= 0.6 is 11.8 Å². The topological polar surface area (TPSA) is 72.5 Å². The summed E-state index contributed by atoms with van der Waals surface area (Å²) >= 11 is 1.15. The maximum atomic E-state index is 12.3. The number of nitrogens with one attached hydrogen (secondary N) is 1. The summed E-state index contributed by atoms with van der Waals surface area (Å²) in [5.74, 6) is -0.814. The number of amides is 1. The first-order valence-corrected chi connectivity index (χ1v) is 10.2. The summed E-state index contributed by atoms with van der Waals surface area (Å²) in [6, 6.07) is 12.9. The number of benzene rings is 2. The third kappa shape index (κ3) is 6.53. The predicted molar refractivity (Wildman–Crippen MR) is 113 cm³/mol. The van der Waals surface area contributed by atoms with E-state index in [2.05, 4.69) is 5.32 Å². The van der Waals surface area contributed by atoms with Gasteiger partial charge in [0.05, 0.1) is 11.5 Å². The molecule has 0 fully saturated rings. The van der Waals surface area contributed by atoms with Gasteiger partial charge >= 0.3 is 5.97 Å². The van der Waals surface area contributed by atoms with Gasteiger partial charge in [-0.25, -0.2) is 0 Å². The molecule has 5 nitrogen and oxygen atoms in total. The molecule has 1 atom stereocenters. The number of carbonyl (C=O) groups excluding carboxylic acids is 3. The molecule has 0 heterocycles. The lowest BCUT2D eigenvalue weighted by atomic mass is 10.1. The Labute approximate surface area is 169 Å². The van der Waals surface area contributed by atoms with Crippen molar-refractivity contribution in [3.05, 3.63) is 64.7 Å². The SMILES string of the molecule is Cc1ccc(C(=O)[C@@H](C)OC(=O)CSCC(=O)Nc2ccc(C)cc2C)cc1. The fraction of sp³-hybridized carbons (Fsp3) is 0.318. The number of thioether (sulfide) groups is 1. The molecule has 0 aliphatic heterocycles. The number of hydrogen-bond acceptors (Lipinski definition) is 5. The zero-order valence-electron chi connectivity index (χ0n) is 16.6. The van der Waals surface area contributed by atoms with Crippen molar-refractivity contribution < 1.29 is 19.1 Å². The van der Waals surface area contributed by atoms with Crippen LogP contribution < -0.4 is 5.32 Å². The van der Waals surface area contributed by atoms with Gasteiger partial charge in [0.1, 0.15) is 0 Å². The summed E-state index contributed by atoms with van der Waals surface area (Å²) in [6.45, 7) is 7.41. The van der Waals surface area contributed by atoms with Crippen LogP contribution in [0, 0.1) is 20.8 Å². The minimum absolute atomic E-state index is 0.00577. The molecule has 0 unspecified atom stereocenters. The Balaban J connectivity index is 1.75. The zero-order valence-corrected chi connectivity index (χ0v) is 17.4. The van der Waals surface area contributed by atoms with Crippen LogP contribution in [0.15, 0.2) is 42.5 Å². The molecule has 1 N–H and O–H groups in total. The van der Waals surface area contributed by atoms with Gasteiger partial charge < -0.3 is 10.1 Å². The molecule has 28 heavy (non-hydrogen) atoms. The van der Waals surface area contributed by atoms with E-state index >= 15 is 0 Å². The normalized spacial score (nSPS) is 11.6. The van der Waals surface area contributed by atoms with Gasteiger partial charge in [0.25, 0.3) is 0 Å².